The number of aromatic carboxylic acids is 2. The van der Waals surface area contributed by atoms with Crippen LogP contribution in [0.4, 0.5) is 0 Å². The van der Waals surface area contributed by atoms with Crippen LogP contribution in [0, 0.1) is 11.8 Å². The first-order valence-corrected chi connectivity index (χ1v) is 12.2. The first-order chi connectivity index (χ1) is 18.4. The van der Waals surface area contributed by atoms with Crippen LogP contribution < -0.4 is 0 Å². The maximum atomic E-state index is 13.9. The number of rotatable bonds is 8. The molecule has 1 aliphatic carbocycles. The summed E-state index contributed by atoms with van der Waals surface area (Å²) in [5.74, 6) is -4.65. The average molecular weight is 505 g/mol. The van der Waals surface area contributed by atoms with Gasteiger partial charge in [0.05, 0.1) is 11.1 Å². The molecule has 0 heterocycles. The summed E-state index contributed by atoms with van der Waals surface area (Å²) in [5, 5.41) is 18.7. The van der Waals surface area contributed by atoms with Crippen molar-refractivity contribution >= 4 is 23.5 Å². The van der Waals surface area contributed by atoms with Gasteiger partial charge >= 0.3 is 11.9 Å². The van der Waals surface area contributed by atoms with Crippen LogP contribution in [0.3, 0.4) is 0 Å². The normalized spacial score (nSPS) is 20.2. The molecule has 2 N–H and O–H groups in total. The first-order valence-electron chi connectivity index (χ1n) is 12.2. The molecule has 5 rings (SSSR count). The van der Waals surface area contributed by atoms with Gasteiger partial charge in [-0.3, -0.25) is 9.59 Å². The van der Waals surface area contributed by atoms with Crippen molar-refractivity contribution in [2.24, 2.45) is 11.8 Å². The Morgan fingerprint density at radius 3 is 1.03 bits per heavy atom. The fourth-order valence-electron chi connectivity index (χ4n) is 5.52. The Morgan fingerprint density at radius 1 is 0.421 bits per heavy atom. The van der Waals surface area contributed by atoms with Crippen molar-refractivity contribution in [2.75, 3.05) is 0 Å². The van der Waals surface area contributed by atoms with Crippen molar-refractivity contribution in [3.63, 3.8) is 0 Å². The minimum absolute atomic E-state index is 0.123. The van der Waals surface area contributed by atoms with Crippen molar-refractivity contribution in [1.82, 2.24) is 0 Å². The molecule has 1 aliphatic rings. The fourth-order valence-corrected chi connectivity index (χ4v) is 5.52. The molecule has 6 nitrogen and oxygen atoms in total. The molecule has 0 aliphatic heterocycles. The number of benzene rings is 4. The molecule has 38 heavy (non-hydrogen) atoms. The van der Waals surface area contributed by atoms with Gasteiger partial charge in [0.1, 0.15) is 0 Å². The zero-order valence-corrected chi connectivity index (χ0v) is 20.2. The van der Waals surface area contributed by atoms with Gasteiger partial charge in [0.2, 0.25) is 0 Å². The number of carboxylic acid groups (broad SMARTS) is 2. The number of carbonyl (C=O) groups excluding carboxylic acids is 2. The van der Waals surface area contributed by atoms with E-state index in [1.54, 1.807) is 72.8 Å². The molecule has 1 saturated carbocycles. The predicted octanol–water partition coefficient (Wildman–Crippen LogP) is 5.96. The van der Waals surface area contributed by atoms with Crippen molar-refractivity contribution in [1.29, 1.82) is 0 Å². The first kappa shape index (κ1) is 24.8. The lowest BCUT2D eigenvalue weighted by Gasteiger charge is -2.51. The van der Waals surface area contributed by atoms with Gasteiger partial charge in [-0.15, -0.1) is 0 Å². The number of carbonyl (C=O) groups is 4. The van der Waals surface area contributed by atoms with Crippen molar-refractivity contribution in [3.8, 4) is 0 Å². The molecule has 0 radical (unpaired) electrons. The molecule has 0 spiro atoms. The Balaban J connectivity index is 1.65. The van der Waals surface area contributed by atoms with E-state index in [4.69, 9.17) is 0 Å². The SMILES string of the molecule is O=C(O)c1ccc([C@@H]2[C@@H](C(=O)c3ccccc3)[C@@H](C(=O)c3ccccc3)[C@@H]2c2ccc(C(=O)O)cc2)cc1. The minimum Gasteiger partial charge on any atom is -0.478 e. The quantitative estimate of drug-likeness (QED) is 0.287. The van der Waals surface area contributed by atoms with Crippen molar-refractivity contribution in [3.05, 3.63) is 143 Å². The van der Waals surface area contributed by atoms with E-state index in [1.165, 1.54) is 24.3 Å². The summed E-state index contributed by atoms with van der Waals surface area (Å²) in [5.41, 5.74) is 2.73. The van der Waals surface area contributed by atoms with Crippen molar-refractivity contribution in [2.45, 2.75) is 11.8 Å². The Kier molecular flexibility index (Phi) is 6.71. The highest BCUT2D eigenvalue weighted by atomic mass is 16.4. The second-order valence-corrected chi connectivity index (χ2v) is 9.42. The molecular formula is C32H24O6. The third-order valence-electron chi connectivity index (χ3n) is 7.35. The Morgan fingerprint density at radius 2 is 0.737 bits per heavy atom. The van der Waals surface area contributed by atoms with Crippen LogP contribution in [0.1, 0.15) is 64.4 Å². The highest BCUT2D eigenvalue weighted by molar-refractivity contribution is 6.07. The second kappa shape index (κ2) is 10.3. The van der Waals surface area contributed by atoms with E-state index in [-0.39, 0.29) is 22.7 Å². The summed E-state index contributed by atoms with van der Waals surface area (Å²) < 4.78 is 0. The minimum atomic E-state index is -1.06. The molecule has 0 saturated heterocycles. The highest BCUT2D eigenvalue weighted by Crippen LogP contribution is 2.59. The molecule has 4 aromatic rings. The number of ketones is 2. The fraction of sp³-hybridized carbons (Fsp3) is 0.125. The van der Waals surface area contributed by atoms with E-state index in [0.29, 0.717) is 11.1 Å². The van der Waals surface area contributed by atoms with E-state index in [0.717, 1.165) is 11.1 Å². The number of carboxylic acids is 2. The van der Waals surface area contributed by atoms with Gasteiger partial charge in [-0.05, 0) is 35.4 Å². The predicted molar refractivity (Wildman–Crippen MR) is 141 cm³/mol. The molecule has 0 amide bonds. The molecule has 6 heteroatoms. The van der Waals surface area contributed by atoms with Crippen LogP contribution in [0.15, 0.2) is 109 Å². The molecular weight excluding hydrogens is 480 g/mol. The summed E-state index contributed by atoms with van der Waals surface area (Å²) in [6, 6.07) is 30.4. The molecule has 4 aromatic carbocycles. The third kappa shape index (κ3) is 4.52. The van der Waals surface area contributed by atoms with E-state index < -0.39 is 35.6 Å². The lowest BCUT2D eigenvalue weighted by atomic mass is 9.49. The third-order valence-corrected chi connectivity index (χ3v) is 7.35. The maximum Gasteiger partial charge on any atom is 0.335 e. The Hall–Kier alpha value is -4.84. The lowest BCUT2D eigenvalue weighted by molar-refractivity contribution is 0.0456. The van der Waals surface area contributed by atoms with E-state index in [9.17, 15) is 29.4 Å². The molecule has 1 fully saturated rings. The Bertz CT molecular complexity index is 1370. The van der Waals surface area contributed by atoms with Crippen LogP contribution in [-0.4, -0.2) is 33.7 Å². The smallest absolute Gasteiger partial charge is 0.335 e. The van der Waals surface area contributed by atoms with Gasteiger partial charge in [0.15, 0.2) is 11.6 Å². The molecule has 0 bridgehead atoms. The highest BCUT2D eigenvalue weighted by Gasteiger charge is 2.57. The second-order valence-electron chi connectivity index (χ2n) is 9.42. The zero-order chi connectivity index (χ0) is 26.8. The van der Waals surface area contributed by atoms with Crippen LogP contribution in [0.5, 0.6) is 0 Å². The van der Waals surface area contributed by atoms with Gasteiger partial charge in [-0.2, -0.15) is 0 Å². The summed E-state index contributed by atoms with van der Waals surface area (Å²) in [6.45, 7) is 0. The molecule has 0 aromatic heterocycles. The van der Waals surface area contributed by atoms with Gasteiger partial charge in [-0.25, -0.2) is 9.59 Å². The largest absolute Gasteiger partial charge is 0.478 e. The van der Waals surface area contributed by atoms with Gasteiger partial charge in [-0.1, -0.05) is 84.9 Å². The Labute approximate surface area is 219 Å². The van der Waals surface area contributed by atoms with Gasteiger partial charge in [0, 0.05) is 34.8 Å². The van der Waals surface area contributed by atoms with E-state index >= 15 is 0 Å². The number of hydrogen-bond donors (Lipinski definition) is 2. The van der Waals surface area contributed by atoms with Crippen LogP contribution in [0.25, 0.3) is 0 Å². The van der Waals surface area contributed by atoms with E-state index in [1.807, 2.05) is 12.1 Å². The monoisotopic (exact) mass is 504 g/mol. The maximum absolute atomic E-state index is 13.9. The average Bonchev–Trinajstić information content (AvgIpc) is 2.94. The molecule has 4 atom stereocenters. The summed E-state index contributed by atoms with van der Waals surface area (Å²) in [4.78, 5) is 50.8. The van der Waals surface area contributed by atoms with Crippen molar-refractivity contribution < 1.29 is 29.4 Å². The summed E-state index contributed by atoms with van der Waals surface area (Å²) in [7, 11) is 0. The van der Waals surface area contributed by atoms with Crippen LogP contribution in [-0.2, 0) is 0 Å². The van der Waals surface area contributed by atoms with Crippen LogP contribution in [0.2, 0.25) is 0 Å². The number of Topliss-reactive ketones (excluding diaryl/α,β-unsaturated/α-hetero) is 2. The van der Waals surface area contributed by atoms with Crippen LogP contribution >= 0.6 is 0 Å². The molecule has 0 unspecified atom stereocenters. The number of hydrogen-bond acceptors (Lipinski definition) is 4. The van der Waals surface area contributed by atoms with E-state index in [2.05, 4.69) is 0 Å². The molecule has 188 valence electrons. The zero-order valence-electron chi connectivity index (χ0n) is 20.2. The topological polar surface area (TPSA) is 109 Å². The summed E-state index contributed by atoms with van der Waals surface area (Å²) in [6.07, 6.45) is 0. The standard InChI is InChI=1S/C32H24O6/c33-29(21-7-3-1-4-8-21)27-25(19-11-15-23(16-12-19)31(35)36)26(20-13-17-24(18-14-20)32(37)38)28(27)30(34)22-9-5-2-6-10-22/h1-18,25-28H,(H,35,36)(H,37,38)/t25-,26+,27+,28-. The van der Waals surface area contributed by atoms with Gasteiger partial charge in [0.25, 0.3) is 0 Å². The summed E-state index contributed by atoms with van der Waals surface area (Å²) >= 11 is 0. The lowest BCUT2D eigenvalue weighted by Crippen LogP contribution is -2.51. The van der Waals surface area contributed by atoms with Gasteiger partial charge < -0.3 is 10.2 Å².